The number of nitrogens with zero attached hydrogens (tertiary/aromatic N) is 2. The molecular formula is C24H27N3O5S. The van der Waals surface area contributed by atoms with E-state index in [1.165, 1.54) is 18.9 Å². The SMILES string of the molecule is COC(=O)c1ccc(NC(=O)CSc2nc3ccccc3c(=O)n2CCCOC(C)C)cc1. The monoisotopic (exact) mass is 469 g/mol. The zero-order valence-electron chi connectivity index (χ0n) is 18.9. The lowest BCUT2D eigenvalue weighted by Crippen LogP contribution is -2.25. The zero-order valence-corrected chi connectivity index (χ0v) is 19.7. The van der Waals surface area contributed by atoms with Crippen molar-refractivity contribution in [2.24, 2.45) is 0 Å². The van der Waals surface area contributed by atoms with Crippen LogP contribution in [-0.4, -0.2) is 47.0 Å². The molecular weight excluding hydrogens is 442 g/mol. The number of benzene rings is 2. The number of aromatic nitrogens is 2. The number of thioether (sulfide) groups is 1. The Labute approximate surface area is 196 Å². The number of carbonyl (C=O) groups is 2. The summed E-state index contributed by atoms with van der Waals surface area (Å²) in [7, 11) is 1.31. The van der Waals surface area contributed by atoms with Crippen LogP contribution in [0.3, 0.4) is 0 Å². The van der Waals surface area contributed by atoms with E-state index in [4.69, 9.17) is 4.74 Å². The number of methoxy groups -OCH3 is 1. The number of hydrogen-bond donors (Lipinski definition) is 1. The van der Waals surface area contributed by atoms with E-state index >= 15 is 0 Å². The molecule has 3 rings (SSSR count). The number of ether oxygens (including phenoxy) is 2. The van der Waals surface area contributed by atoms with Gasteiger partial charge in [-0.3, -0.25) is 14.2 Å². The molecule has 1 amide bonds. The van der Waals surface area contributed by atoms with Gasteiger partial charge in [0.25, 0.3) is 5.56 Å². The normalized spacial score (nSPS) is 11.0. The van der Waals surface area contributed by atoms with Crippen LogP contribution in [0, 0.1) is 0 Å². The average Bonchev–Trinajstić information content (AvgIpc) is 2.81. The summed E-state index contributed by atoms with van der Waals surface area (Å²) >= 11 is 1.20. The number of anilines is 1. The quantitative estimate of drug-likeness (QED) is 0.209. The van der Waals surface area contributed by atoms with E-state index in [0.29, 0.717) is 46.9 Å². The Kier molecular flexibility index (Phi) is 8.62. The van der Waals surface area contributed by atoms with Gasteiger partial charge in [-0.25, -0.2) is 9.78 Å². The van der Waals surface area contributed by atoms with Crippen molar-refractivity contribution in [3.05, 3.63) is 64.4 Å². The topological polar surface area (TPSA) is 99.5 Å². The van der Waals surface area contributed by atoms with Gasteiger partial charge >= 0.3 is 5.97 Å². The van der Waals surface area contributed by atoms with Crippen LogP contribution in [-0.2, 0) is 20.8 Å². The number of esters is 1. The first kappa shape index (κ1) is 24.5. The summed E-state index contributed by atoms with van der Waals surface area (Å²) in [5.74, 6) is -0.614. The molecule has 0 radical (unpaired) electrons. The lowest BCUT2D eigenvalue weighted by Gasteiger charge is -2.14. The second kappa shape index (κ2) is 11.6. The number of fused-ring (bicyclic) bond motifs is 1. The Morgan fingerprint density at radius 2 is 1.85 bits per heavy atom. The highest BCUT2D eigenvalue weighted by Gasteiger charge is 2.14. The molecule has 0 aliphatic heterocycles. The molecule has 1 heterocycles. The lowest BCUT2D eigenvalue weighted by molar-refractivity contribution is -0.113. The fourth-order valence-electron chi connectivity index (χ4n) is 3.13. The van der Waals surface area contributed by atoms with Crippen LogP contribution in [0.4, 0.5) is 5.69 Å². The molecule has 0 saturated carbocycles. The highest BCUT2D eigenvalue weighted by Crippen LogP contribution is 2.19. The van der Waals surface area contributed by atoms with E-state index in [2.05, 4.69) is 15.0 Å². The van der Waals surface area contributed by atoms with Gasteiger partial charge in [-0.1, -0.05) is 23.9 Å². The Bertz CT molecular complexity index is 1170. The molecule has 0 bridgehead atoms. The van der Waals surface area contributed by atoms with E-state index in [1.54, 1.807) is 41.0 Å². The van der Waals surface area contributed by atoms with Crippen LogP contribution >= 0.6 is 11.8 Å². The maximum Gasteiger partial charge on any atom is 0.337 e. The lowest BCUT2D eigenvalue weighted by atomic mass is 10.2. The molecule has 0 aliphatic carbocycles. The summed E-state index contributed by atoms with van der Waals surface area (Å²) in [6.45, 7) is 4.91. The summed E-state index contributed by atoms with van der Waals surface area (Å²) < 4.78 is 11.9. The molecule has 8 nitrogen and oxygen atoms in total. The summed E-state index contributed by atoms with van der Waals surface area (Å²) in [5, 5.41) is 3.81. The number of rotatable bonds is 10. The van der Waals surface area contributed by atoms with Gasteiger partial charge in [0.15, 0.2) is 5.16 Å². The minimum absolute atomic E-state index is 0.0754. The summed E-state index contributed by atoms with van der Waals surface area (Å²) in [5.41, 5.74) is 1.42. The molecule has 0 aliphatic rings. The van der Waals surface area contributed by atoms with Crippen LogP contribution in [0.5, 0.6) is 0 Å². The highest BCUT2D eigenvalue weighted by molar-refractivity contribution is 7.99. The van der Waals surface area contributed by atoms with Crippen molar-refractivity contribution < 1.29 is 19.1 Å². The molecule has 0 spiro atoms. The molecule has 2 aromatic carbocycles. The number of amides is 1. The van der Waals surface area contributed by atoms with Gasteiger partial charge in [0.2, 0.25) is 5.91 Å². The fourth-order valence-corrected chi connectivity index (χ4v) is 3.96. The standard InChI is InChI=1S/C24H27N3O5S/c1-16(2)32-14-6-13-27-22(29)19-7-4-5-8-20(19)26-24(27)33-15-21(28)25-18-11-9-17(10-12-18)23(30)31-3/h4-5,7-12,16H,6,13-15H2,1-3H3,(H,25,28). The van der Waals surface area contributed by atoms with Gasteiger partial charge in [0.05, 0.1) is 35.4 Å². The second-order valence-corrected chi connectivity index (χ2v) is 8.49. The smallest absolute Gasteiger partial charge is 0.337 e. The maximum atomic E-state index is 13.1. The van der Waals surface area contributed by atoms with E-state index in [0.717, 1.165) is 0 Å². The molecule has 1 aromatic heterocycles. The third-order valence-electron chi connectivity index (χ3n) is 4.73. The van der Waals surface area contributed by atoms with Crippen LogP contribution in [0.15, 0.2) is 58.5 Å². The summed E-state index contributed by atoms with van der Waals surface area (Å²) in [4.78, 5) is 41.7. The third kappa shape index (κ3) is 6.66. The molecule has 1 N–H and O–H groups in total. The first-order valence-electron chi connectivity index (χ1n) is 10.6. The molecule has 174 valence electrons. The Balaban J connectivity index is 1.71. The van der Waals surface area contributed by atoms with Gasteiger partial charge < -0.3 is 14.8 Å². The molecule has 0 fully saturated rings. The van der Waals surface area contributed by atoms with Crippen molar-refractivity contribution in [2.45, 2.75) is 38.1 Å². The second-order valence-electron chi connectivity index (χ2n) is 7.55. The Morgan fingerprint density at radius 3 is 2.55 bits per heavy atom. The Morgan fingerprint density at radius 1 is 1.12 bits per heavy atom. The maximum absolute atomic E-state index is 13.1. The Hall–Kier alpha value is -3.17. The van der Waals surface area contributed by atoms with Crippen molar-refractivity contribution in [1.29, 1.82) is 0 Å². The summed E-state index contributed by atoms with van der Waals surface area (Å²) in [6, 6.07) is 13.6. The number of nitrogens with one attached hydrogen (secondary N) is 1. The first-order valence-corrected chi connectivity index (χ1v) is 11.6. The molecule has 0 saturated heterocycles. The molecule has 0 atom stereocenters. The number of hydrogen-bond acceptors (Lipinski definition) is 7. The van der Waals surface area contributed by atoms with Crippen LogP contribution in [0.25, 0.3) is 10.9 Å². The van der Waals surface area contributed by atoms with Crippen molar-refractivity contribution in [2.75, 3.05) is 24.8 Å². The molecule has 3 aromatic rings. The zero-order chi connectivity index (χ0) is 23.8. The van der Waals surface area contributed by atoms with E-state index in [-0.39, 0.29) is 23.3 Å². The average molecular weight is 470 g/mol. The third-order valence-corrected chi connectivity index (χ3v) is 5.70. The van der Waals surface area contributed by atoms with E-state index < -0.39 is 5.97 Å². The predicted octanol–water partition coefficient (Wildman–Crippen LogP) is 3.73. The fraction of sp³-hybridized carbons (Fsp3) is 0.333. The van der Waals surface area contributed by atoms with Gasteiger partial charge in [0, 0.05) is 18.8 Å². The molecule has 0 unspecified atom stereocenters. The minimum Gasteiger partial charge on any atom is -0.465 e. The van der Waals surface area contributed by atoms with Gasteiger partial charge in [0.1, 0.15) is 0 Å². The largest absolute Gasteiger partial charge is 0.465 e. The first-order chi connectivity index (χ1) is 15.9. The minimum atomic E-state index is -0.442. The van der Waals surface area contributed by atoms with Crippen molar-refractivity contribution in [1.82, 2.24) is 9.55 Å². The van der Waals surface area contributed by atoms with Crippen molar-refractivity contribution in [3.63, 3.8) is 0 Å². The molecule has 9 heteroatoms. The van der Waals surface area contributed by atoms with E-state index in [9.17, 15) is 14.4 Å². The van der Waals surface area contributed by atoms with Gasteiger partial charge in [-0.2, -0.15) is 0 Å². The van der Waals surface area contributed by atoms with Crippen molar-refractivity contribution >= 4 is 40.2 Å². The summed E-state index contributed by atoms with van der Waals surface area (Å²) in [6.07, 6.45) is 0.778. The van der Waals surface area contributed by atoms with E-state index in [1.807, 2.05) is 26.0 Å². The number of para-hydroxylation sites is 1. The van der Waals surface area contributed by atoms with Crippen LogP contribution < -0.4 is 10.9 Å². The number of carbonyl (C=O) groups excluding carboxylic acids is 2. The van der Waals surface area contributed by atoms with Gasteiger partial charge in [-0.15, -0.1) is 0 Å². The predicted molar refractivity (Wildman–Crippen MR) is 129 cm³/mol. The van der Waals surface area contributed by atoms with Gasteiger partial charge in [-0.05, 0) is 56.7 Å². The highest BCUT2D eigenvalue weighted by atomic mass is 32.2. The molecule has 33 heavy (non-hydrogen) atoms. The van der Waals surface area contributed by atoms with Crippen LogP contribution in [0.2, 0.25) is 0 Å². The van der Waals surface area contributed by atoms with Crippen molar-refractivity contribution in [3.8, 4) is 0 Å². The van der Waals surface area contributed by atoms with Crippen LogP contribution in [0.1, 0.15) is 30.6 Å².